The van der Waals surface area contributed by atoms with Gasteiger partial charge >= 0.3 is 0 Å². The van der Waals surface area contributed by atoms with E-state index in [1.54, 1.807) is 0 Å². The molecule has 0 aliphatic rings. The van der Waals surface area contributed by atoms with Crippen LogP contribution in [0, 0.1) is 0 Å². The largest absolute Gasteiger partial charge is 0.0936 e. The topological polar surface area (TPSA) is 48.8 Å². The van der Waals surface area contributed by atoms with Gasteiger partial charge in [-0.25, -0.2) is 0 Å². The van der Waals surface area contributed by atoms with Gasteiger partial charge in [-0.2, -0.15) is 0 Å². The first-order valence-electron chi connectivity index (χ1n) is 5.15. The van der Waals surface area contributed by atoms with Crippen molar-refractivity contribution in [1.82, 2.24) is 0 Å². The Kier molecular flexibility index (Phi) is 3.75. The smallest absolute Gasteiger partial charge is 0.0298 e. The molecule has 3 heteroatoms. The van der Waals surface area contributed by atoms with Crippen LogP contribution in [0.4, 0.5) is 0 Å². The van der Waals surface area contributed by atoms with Crippen molar-refractivity contribution in [2.75, 3.05) is 6.54 Å². The van der Waals surface area contributed by atoms with Gasteiger partial charge in [0.05, 0.1) is 0 Å². The van der Waals surface area contributed by atoms with Crippen molar-refractivity contribution in [2.24, 2.45) is 5.11 Å². The van der Waals surface area contributed by atoms with Gasteiger partial charge in [-0.05, 0) is 28.5 Å². The molecule has 0 aliphatic heterocycles. The molecule has 0 aromatic heterocycles. The van der Waals surface area contributed by atoms with Gasteiger partial charge in [-0.15, -0.1) is 0 Å². The van der Waals surface area contributed by atoms with E-state index in [1.807, 2.05) is 6.07 Å². The van der Waals surface area contributed by atoms with Crippen LogP contribution in [0.3, 0.4) is 0 Å². The zero-order valence-electron chi connectivity index (χ0n) is 9.57. The summed E-state index contributed by atoms with van der Waals surface area (Å²) >= 11 is 0. The Labute approximate surface area is 90.8 Å². The molecule has 0 atom stereocenters. The molecular weight excluding hydrogens is 186 g/mol. The van der Waals surface area contributed by atoms with Crippen LogP contribution in [0.5, 0.6) is 0 Å². The molecule has 0 N–H and O–H groups in total. The number of nitrogens with zero attached hydrogens (tertiary/aromatic N) is 3. The van der Waals surface area contributed by atoms with Crippen molar-refractivity contribution in [3.05, 3.63) is 45.8 Å². The lowest BCUT2D eigenvalue weighted by atomic mass is 9.83. The predicted octanol–water partition coefficient (Wildman–Crippen LogP) is 3.84. The van der Waals surface area contributed by atoms with Crippen molar-refractivity contribution < 1.29 is 0 Å². The van der Waals surface area contributed by atoms with Gasteiger partial charge < -0.3 is 0 Å². The highest BCUT2D eigenvalue weighted by Gasteiger charge is 2.16. The van der Waals surface area contributed by atoms with Crippen LogP contribution >= 0.6 is 0 Å². The fraction of sp³-hybridized carbons (Fsp3) is 0.500. The maximum atomic E-state index is 8.23. The van der Waals surface area contributed by atoms with Crippen LogP contribution in [0.1, 0.15) is 31.9 Å². The maximum absolute atomic E-state index is 8.23. The normalized spacial score (nSPS) is 10.9. The molecule has 0 saturated carbocycles. The summed E-state index contributed by atoms with van der Waals surface area (Å²) in [5.74, 6) is 0. The Balaban J connectivity index is 2.91. The van der Waals surface area contributed by atoms with E-state index in [9.17, 15) is 0 Å². The first-order valence-corrected chi connectivity index (χ1v) is 5.15. The minimum atomic E-state index is 0.146. The summed E-state index contributed by atoms with van der Waals surface area (Å²) in [6, 6.07) is 8.33. The summed E-state index contributed by atoms with van der Waals surface area (Å²) < 4.78 is 0. The van der Waals surface area contributed by atoms with E-state index in [2.05, 4.69) is 49.0 Å². The molecule has 15 heavy (non-hydrogen) atoms. The number of benzene rings is 1. The molecule has 1 rings (SSSR count). The van der Waals surface area contributed by atoms with E-state index in [4.69, 9.17) is 5.53 Å². The second-order valence-electron chi connectivity index (χ2n) is 4.61. The fourth-order valence-electron chi connectivity index (χ4n) is 1.69. The van der Waals surface area contributed by atoms with Crippen LogP contribution in [0.25, 0.3) is 10.4 Å². The van der Waals surface area contributed by atoms with E-state index < -0.39 is 0 Å². The zero-order valence-corrected chi connectivity index (χ0v) is 9.57. The van der Waals surface area contributed by atoms with Crippen LogP contribution in [-0.4, -0.2) is 6.54 Å². The Morgan fingerprint density at radius 3 is 2.53 bits per heavy atom. The average Bonchev–Trinajstić information content (AvgIpc) is 2.17. The molecule has 80 valence electrons. The SMILES string of the molecule is CC(C)(C)c1ccccc1CCN=[N+]=[N-]. The zero-order chi connectivity index (χ0) is 11.3. The summed E-state index contributed by atoms with van der Waals surface area (Å²) in [4.78, 5) is 2.77. The molecule has 0 saturated heterocycles. The Morgan fingerprint density at radius 1 is 1.27 bits per heavy atom. The van der Waals surface area contributed by atoms with E-state index in [-0.39, 0.29) is 5.41 Å². The van der Waals surface area contributed by atoms with E-state index in [0.717, 1.165) is 6.42 Å². The third-order valence-corrected chi connectivity index (χ3v) is 2.37. The summed E-state index contributed by atoms with van der Waals surface area (Å²) in [7, 11) is 0. The number of hydrogen-bond acceptors (Lipinski definition) is 1. The van der Waals surface area contributed by atoms with E-state index >= 15 is 0 Å². The minimum absolute atomic E-state index is 0.146. The van der Waals surface area contributed by atoms with Gasteiger partial charge in [0.2, 0.25) is 0 Å². The molecule has 0 amide bonds. The summed E-state index contributed by atoms with van der Waals surface area (Å²) in [5.41, 5.74) is 11.0. The van der Waals surface area contributed by atoms with Crippen molar-refractivity contribution >= 4 is 0 Å². The third-order valence-electron chi connectivity index (χ3n) is 2.37. The lowest BCUT2D eigenvalue weighted by molar-refractivity contribution is 0.582. The molecule has 1 aromatic carbocycles. The lowest BCUT2D eigenvalue weighted by Gasteiger charge is -2.22. The minimum Gasteiger partial charge on any atom is -0.0936 e. The third kappa shape index (κ3) is 3.30. The summed E-state index contributed by atoms with van der Waals surface area (Å²) in [5, 5.41) is 3.57. The lowest BCUT2D eigenvalue weighted by Crippen LogP contribution is -2.14. The molecule has 0 aliphatic carbocycles. The Hall–Kier alpha value is -1.47. The number of azide groups is 1. The highest BCUT2D eigenvalue weighted by Crippen LogP contribution is 2.25. The molecule has 1 aromatic rings. The number of rotatable bonds is 3. The standard InChI is InChI=1S/C12H17N3/c1-12(2,3)11-7-5-4-6-10(11)8-9-14-15-13/h4-7H,8-9H2,1-3H3. The van der Waals surface area contributed by atoms with Crippen molar-refractivity contribution in [3.63, 3.8) is 0 Å². The average molecular weight is 203 g/mol. The first kappa shape index (κ1) is 11.6. The van der Waals surface area contributed by atoms with E-state index in [1.165, 1.54) is 11.1 Å². The second-order valence-corrected chi connectivity index (χ2v) is 4.61. The maximum Gasteiger partial charge on any atom is 0.0298 e. The van der Waals surface area contributed by atoms with Crippen LogP contribution < -0.4 is 0 Å². The van der Waals surface area contributed by atoms with Gasteiger partial charge in [0, 0.05) is 11.5 Å². The molecule has 0 radical (unpaired) electrons. The van der Waals surface area contributed by atoms with Crippen LogP contribution in [0.2, 0.25) is 0 Å². The van der Waals surface area contributed by atoms with Gasteiger partial charge in [0.15, 0.2) is 0 Å². The molecule has 3 nitrogen and oxygen atoms in total. The van der Waals surface area contributed by atoms with Gasteiger partial charge in [0.1, 0.15) is 0 Å². The number of hydrogen-bond donors (Lipinski definition) is 0. The quantitative estimate of drug-likeness (QED) is 0.407. The molecule has 0 heterocycles. The molecule has 0 unspecified atom stereocenters. The van der Waals surface area contributed by atoms with Crippen molar-refractivity contribution in [2.45, 2.75) is 32.6 Å². The van der Waals surface area contributed by atoms with E-state index in [0.29, 0.717) is 6.54 Å². The summed E-state index contributed by atoms with van der Waals surface area (Å²) in [6.45, 7) is 7.11. The Bertz CT molecular complexity index is 371. The molecule has 0 fully saturated rings. The van der Waals surface area contributed by atoms with Crippen molar-refractivity contribution in [1.29, 1.82) is 0 Å². The second kappa shape index (κ2) is 4.85. The highest BCUT2D eigenvalue weighted by molar-refractivity contribution is 5.32. The summed E-state index contributed by atoms with van der Waals surface area (Å²) in [6.07, 6.45) is 0.817. The van der Waals surface area contributed by atoms with Crippen molar-refractivity contribution in [3.8, 4) is 0 Å². The molecule has 0 bridgehead atoms. The fourth-order valence-corrected chi connectivity index (χ4v) is 1.69. The van der Waals surface area contributed by atoms with Gasteiger partial charge in [0.25, 0.3) is 0 Å². The first-order chi connectivity index (χ1) is 7.05. The van der Waals surface area contributed by atoms with Gasteiger partial charge in [-0.3, -0.25) is 0 Å². The monoisotopic (exact) mass is 203 g/mol. The van der Waals surface area contributed by atoms with Crippen LogP contribution in [-0.2, 0) is 11.8 Å². The Morgan fingerprint density at radius 2 is 1.93 bits per heavy atom. The molecular formula is C12H17N3. The highest BCUT2D eigenvalue weighted by atomic mass is 15.1. The van der Waals surface area contributed by atoms with Gasteiger partial charge in [-0.1, -0.05) is 50.2 Å². The van der Waals surface area contributed by atoms with Crippen LogP contribution in [0.15, 0.2) is 29.4 Å². The predicted molar refractivity (Wildman–Crippen MR) is 62.9 cm³/mol. The molecule has 0 spiro atoms.